The Labute approximate surface area is 87.5 Å². The third-order valence-electron chi connectivity index (χ3n) is 2.21. The maximum atomic E-state index is 13.1. The van der Waals surface area contributed by atoms with Crippen LogP contribution < -0.4 is 5.73 Å². The number of nitrogens with two attached hydrogens (primary N) is 1. The first kappa shape index (κ1) is 11.4. The first-order valence-corrected chi connectivity index (χ1v) is 4.70. The lowest BCUT2D eigenvalue weighted by Gasteiger charge is -2.24. The van der Waals surface area contributed by atoms with Crippen molar-refractivity contribution in [3.63, 3.8) is 0 Å². The van der Waals surface area contributed by atoms with Crippen LogP contribution in [0.5, 0.6) is 0 Å². The number of aliphatic hydroxyl groups is 1. The van der Waals surface area contributed by atoms with E-state index in [9.17, 15) is 4.39 Å². The predicted molar refractivity (Wildman–Crippen MR) is 54.7 cm³/mol. The minimum Gasteiger partial charge on any atom is -0.396 e. The van der Waals surface area contributed by atoms with Crippen LogP contribution in [0.1, 0.15) is 18.9 Å². The fourth-order valence-corrected chi connectivity index (χ4v) is 1.35. The van der Waals surface area contributed by atoms with E-state index in [1.54, 1.807) is 13.0 Å². The van der Waals surface area contributed by atoms with Crippen LogP contribution in [0.2, 0.25) is 5.02 Å². The van der Waals surface area contributed by atoms with Gasteiger partial charge >= 0.3 is 0 Å². The highest BCUT2D eigenvalue weighted by atomic mass is 35.5. The number of rotatable bonds is 3. The molecule has 0 unspecified atom stereocenters. The molecule has 0 aliphatic heterocycles. The molecule has 1 rings (SSSR count). The van der Waals surface area contributed by atoms with Gasteiger partial charge in [0.25, 0.3) is 0 Å². The molecule has 0 heterocycles. The van der Waals surface area contributed by atoms with Gasteiger partial charge in [0.2, 0.25) is 0 Å². The molecule has 0 fully saturated rings. The lowest BCUT2D eigenvalue weighted by atomic mass is 9.90. The van der Waals surface area contributed by atoms with Crippen LogP contribution in [0.3, 0.4) is 0 Å². The summed E-state index contributed by atoms with van der Waals surface area (Å²) in [6, 6.07) is 4.44. The zero-order valence-electron chi connectivity index (χ0n) is 7.93. The SMILES string of the molecule is C[C@@](N)(CCO)c1ccc(Cl)c(F)c1. The normalized spacial score (nSPS) is 15.2. The second-order valence-electron chi connectivity index (χ2n) is 3.52. The molecule has 0 spiro atoms. The summed E-state index contributed by atoms with van der Waals surface area (Å²) in [5.41, 5.74) is 5.81. The summed E-state index contributed by atoms with van der Waals surface area (Å²) in [5.74, 6) is -0.487. The predicted octanol–water partition coefficient (Wildman–Crippen LogP) is 2.04. The molecular weight excluding hydrogens is 205 g/mol. The molecule has 0 aromatic heterocycles. The number of benzene rings is 1. The largest absolute Gasteiger partial charge is 0.396 e. The maximum Gasteiger partial charge on any atom is 0.142 e. The molecule has 4 heteroatoms. The number of hydrogen-bond acceptors (Lipinski definition) is 2. The van der Waals surface area contributed by atoms with Crippen LogP contribution in [0.15, 0.2) is 18.2 Å². The Morgan fingerprint density at radius 3 is 2.71 bits per heavy atom. The monoisotopic (exact) mass is 217 g/mol. The molecule has 1 atom stereocenters. The van der Waals surface area contributed by atoms with Gasteiger partial charge in [0, 0.05) is 12.1 Å². The van der Waals surface area contributed by atoms with Crippen molar-refractivity contribution in [1.82, 2.24) is 0 Å². The van der Waals surface area contributed by atoms with Gasteiger partial charge in [-0.15, -0.1) is 0 Å². The van der Waals surface area contributed by atoms with E-state index in [0.717, 1.165) is 0 Å². The van der Waals surface area contributed by atoms with Gasteiger partial charge in [-0.05, 0) is 31.0 Å². The highest BCUT2D eigenvalue weighted by Crippen LogP contribution is 2.24. The van der Waals surface area contributed by atoms with Crippen LogP contribution in [0.4, 0.5) is 4.39 Å². The minimum atomic E-state index is -0.722. The van der Waals surface area contributed by atoms with Gasteiger partial charge in [0.1, 0.15) is 5.82 Å². The van der Waals surface area contributed by atoms with Gasteiger partial charge in [0.15, 0.2) is 0 Å². The van der Waals surface area contributed by atoms with Crippen molar-refractivity contribution in [3.8, 4) is 0 Å². The zero-order valence-corrected chi connectivity index (χ0v) is 8.68. The molecular formula is C10H13ClFNO. The fraction of sp³-hybridized carbons (Fsp3) is 0.400. The molecule has 2 nitrogen and oxygen atoms in total. The lowest BCUT2D eigenvalue weighted by molar-refractivity contribution is 0.247. The molecule has 0 saturated carbocycles. The summed E-state index contributed by atoms with van der Waals surface area (Å²) in [5, 5.41) is 8.86. The second kappa shape index (κ2) is 4.26. The van der Waals surface area contributed by atoms with Crippen molar-refractivity contribution in [3.05, 3.63) is 34.6 Å². The molecule has 0 radical (unpaired) electrons. The van der Waals surface area contributed by atoms with E-state index in [-0.39, 0.29) is 11.6 Å². The van der Waals surface area contributed by atoms with E-state index in [4.69, 9.17) is 22.4 Å². The van der Waals surface area contributed by atoms with E-state index in [0.29, 0.717) is 12.0 Å². The molecule has 0 bridgehead atoms. The van der Waals surface area contributed by atoms with Crippen LogP contribution in [0, 0.1) is 5.82 Å². The Balaban J connectivity index is 3.01. The summed E-state index contributed by atoms with van der Waals surface area (Å²) in [6.45, 7) is 1.71. The van der Waals surface area contributed by atoms with Crippen molar-refractivity contribution in [2.45, 2.75) is 18.9 Å². The van der Waals surface area contributed by atoms with Crippen LogP contribution in [0.25, 0.3) is 0 Å². The maximum absolute atomic E-state index is 13.1. The molecule has 0 aliphatic rings. The Kier molecular flexibility index (Phi) is 3.48. The van der Waals surface area contributed by atoms with E-state index >= 15 is 0 Å². The Bertz CT molecular complexity index is 328. The fourth-order valence-electron chi connectivity index (χ4n) is 1.23. The van der Waals surface area contributed by atoms with Crippen molar-refractivity contribution in [2.75, 3.05) is 6.61 Å². The summed E-state index contributed by atoms with van der Waals surface area (Å²) in [7, 11) is 0. The van der Waals surface area contributed by atoms with Crippen molar-refractivity contribution < 1.29 is 9.50 Å². The topological polar surface area (TPSA) is 46.2 Å². The van der Waals surface area contributed by atoms with E-state index in [1.165, 1.54) is 12.1 Å². The molecule has 0 saturated heterocycles. The average Bonchev–Trinajstić information content (AvgIpc) is 2.09. The van der Waals surface area contributed by atoms with Crippen molar-refractivity contribution in [2.24, 2.45) is 5.73 Å². The first-order valence-electron chi connectivity index (χ1n) is 4.32. The van der Waals surface area contributed by atoms with Gasteiger partial charge < -0.3 is 10.8 Å². The molecule has 0 aliphatic carbocycles. The minimum absolute atomic E-state index is 0.0305. The van der Waals surface area contributed by atoms with Crippen LogP contribution in [-0.2, 0) is 5.54 Å². The van der Waals surface area contributed by atoms with Crippen LogP contribution in [-0.4, -0.2) is 11.7 Å². The smallest absolute Gasteiger partial charge is 0.142 e. The Hall–Kier alpha value is -0.640. The van der Waals surface area contributed by atoms with Gasteiger partial charge in [-0.2, -0.15) is 0 Å². The first-order chi connectivity index (χ1) is 6.47. The molecule has 0 amide bonds. The lowest BCUT2D eigenvalue weighted by Crippen LogP contribution is -2.34. The number of halogens is 2. The third-order valence-corrected chi connectivity index (χ3v) is 2.52. The summed E-state index contributed by atoms with van der Waals surface area (Å²) < 4.78 is 13.1. The average molecular weight is 218 g/mol. The molecule has 1 aromatic carbocycles. The summed E-state index contributed by atoms with van der Waals surface area (Å²) in [4.78, 5) is 0. The highest BCUT2D eigenvalue weighted by Gasteiger charge is 2.21. The molecule has 78 valence electrons. The highest BCUT2D eigenvalue weighted by molar-refractivity contribution is 6.30. The second-order valence-corrected chi connectivity index (χ2v) is 3.93. The molecule has 3 N–H and O–H groups in total. The quantitative estimate of drug-likeness (QED) is 0.814. The molecule has 14 heavy (non-hydrogen) atoms. The van der Waals surface area contributed by atoms with Gasteiger partial charge in [-0.1, -0.05) is 17.7 Å². The number of hydrogen-bond donors (Lipinski definition) is 2. The zero-order chi connectivity index (χ0) is 10.8. The standard InChI is InChI=1S/C10H13ClFNO/c1-10(13,4-5-14)7-2-3-8(11)9(12)6-7/h2-3,6,14H,4-5,13H2,1H3/t10-/m1/s1. The van der Waals surface area contributed by atoms with E-state index in [1.807, 2.05) is 0 Å². The van der Waals surface area contributed by atoms with Crippen molar-refractivity contribution in [1.29, 1.82) is 0 Å². The Morgan fingerprint density at radius 2 is 2.21 bits per heavy atom. The van der Waals surface area contributed by atoms with E-state index < -0.39 is 11.4 Å². The van der Waals surface area contributed by atoms with Gasteiger partial charge in [-0.25, -0.2) is 4.39 Å². The summed E-state index contributed by atoms with van der Waals surface area (Å²) >= 11 is 5.54. The summed E-state index contributed by atoms with van der Waals surface area (Å²) in [6.07, 6.45) is 0.383. The Morgan fingerprint density at radius 1 is 1.57 bits per heavy atom. The van der Waals surface area contributed by atoms with Gasteiger partial charge in [-0.3, -0.25) is 0 Å². The van der Waals surface area contributed by atoms with Gasteiger partial charge in [0.05, 0.1) is 5.02 Å². The van der Waals surface area contributed by atoms with Crippen molar-refractivity contribution >= 4 is 11.6 Å². The van der Waals surface area contributed by atoms with E-state index in [2.05, 4.69) is 0 Å². The number of aliphatic hydroxyl groups excluding tert-OH is 1. The van der Waals surface area contributed by atoms with Crippen LogP contribution >= 0.6 is 11.6 Å². The molecule has 1 aromatic rings. The third kappa shape index (κ3) is 2.44.